The molecule has 0 aliphatic heterocycles. The van der Waals surface area contributed by atoms with Gasteiger partial charge in [-0.15, -0.1) is 0 Å². The van der Waals surface area contributed by atoms with Gasteiger partial charge in [-0.05, 0) is 12.2 Å². The van der Waals surface area contributed by atoms with Crippen LogP contribution >= 0.6 is 12.6 Å². The Morgan fingerprint density at radius 3 is 2.20 bits per heavy atom. The molecule has 1 aromatic rings. The van der Waals surface area contributed by atoms with Crippen molar-refractivity contribution in [1.29, 1.82) is 0 Å². The molecule has 0 N–H and O–H groups in total. The van der Waals surface area contributed by atoms with Crippen molar-refractivity contribution in [2.75, 3.05) is 5.75 Å². The topological polar surface area (TPSA) is 8.81 Å². The van der Waals surface area contributed by atoms with Gasteiger partial charge in [0.05, 0.1) is 13.6 Å². The Morgan fingerprint density at radius 1 is 1.33 bits per heavy atom. The summed E-state index contributed by atoms with van der Waals surface area (Å²) in [5.74, 6) is 0.960. The summed E-state index contributed by atoms with van der Waals surface area (Å²) < 4.78 is 43.2. The minimum atomic E-state index is -6.00. The molecule has 0 atom stereocenters. The Bertz CT molecular complexity index is 270. The van der Waals surface area contributed by atoms with Gasteiger partial charge >= 0.3 is 7.25 Å². The molecule has 1 rings (SSSR count). The fourth-order valence-corrected chi connectivity index (χ4v) is 1.03. The van der Waals surface area contributed by atoms with Crippen LogP contribution in [0.5, 0.6) is 0 Å². The first kappa shape index (κ1) is 14.3. The standard InChI is InChI=1S/C7H12N2S.BF4/c1-8-4-5-9(7-8)3-2-6-10;2-1(3,4)5/h4-5,7H,2-3,6H2,1H3;/q;-1/p+1. The minimum absolute atomic E-state index is 0.960. The first-order valence-corrected chi connectivity index (χ1v) is 4.95. The van der Waals surface area contributed by atoms with Crippen LogP contribution < -0.4 is 4.57 Å². The molecule has 0 amide bonds. The van der Waals surface area contributed by atoms with E-state index in [1.54, 1.807) is 0 Å². The second-order valence-electron chi connectivity index (χ2n) is 2.89. The van der Waals surface area contributed by atoms with E-state index in [9.17, 15) is 17.3 Å². The van der Waals surface area contributed by atoms with Gasteiger partial charge in [0.15, 0.2) is 0 Å². The maximum absolute atomic E-state index is 9.75. The molecule has 8 heteroatoms. The number of rotatable bonds is 3. The number of hydrogen-bond donors (Lipinski definition) is 1. The highest BCUT2D eigenvalue weighted by Gasteiger charge is 2.20. The second-order valence-corrected chi connectivity index (χ2v) is 3.34. The predicted molar refractivity (Wildman–Crippen MR) is 54.3 cm³/mol. The summed E-state index contributed by atoms with van der Waals surface area (Å²) in [5, 5.41) is 0. The Kier molecular flexibility index (Phi) is 6.46. The molecule has 0 spiro atoms. The van der Waals surface area contributed by atoms with Crippen LogP contribution in [0.25, 0.3) is 0 Å². The van der Waals surface area contributed by atoms with Crippen LogP contribution in [0.2, 0.25) is 0 Å². The average molecular weight is 244 g/mol. The summed E-state index contributed by atoms with van der Waals surface area (Å²) in [7, 11) is -3.98. The summed E-state index contributed by atoms with van der Waals surface area (Å²) in [5.41, 5.74) is 0. The van der Waals surface area contributed by atoms with Crippen LogP contribution in [0.4, 0.5) is 17.3 Å². The molecule has 0 aliphatic rings. The molecule has 0 bridgehead atoms. The number of aromatic nitrogens is 2. The maximum atomic E-state index is 9.75. The number of hydrogen-bond acceptors (Lipinski definition) is 1. The largest absolute Gasteiger partial charge is 0.673 e. The van der Waals surface area contributed by atoms with Gasteiger partial charge in [-0.2, -0.15) is 12.6 Å². The highest BCUT2D eigenvalue weighted by atomic mass is 32.1. The molecule has 0 fully saturated rings. The van der Waals surface area contributed by atoms with Gasteiger partial charge in [-0.25, -0.2) is 9.13 Å². The summed E-state index contributed by atoms with van der Waals surface area (Å²) >= 11 is 4.14. The van der Waals surface area contributed by atoms with Gasteiger partial charge in [0, 0.05) is 0 Å². The van der Waals surface area contributed by atoms with Gasteiger partial charge in [0.2, 0.25) is 6.33 Å². The fourth-order valence-electron chi connectivity index (χ4n) is 0.887. The average Bonchev–Trinajstić information content (AvgIpc) is 2.45. The van der Waals surface area contributed by atoms with E-state index in [2.05, 4.69) is 29.7 Å². The molecule has 15 heavy (non-hydrogen) atoms. The van der Waals surface area contributed by atoms with E-state index in [4.69, 9.17) is 0 Å². The monoisotopic (exact) mass is 244 g/mol. The van der Waals surface area contributed by atoms with Crippen molar-refractivity contribution < 1.29 is 21.8 Å². The van der Waals surface area contributed by atoms with E-state index in [-0.39, 0.29) is 0 Å². The predicted octanol–water partition coefficient (Wildman–Crippen LogP) is 1.93. The SMILES string of the molecule is C[n+]1ccn(CCCS)c1.F[B-](F)(F)F. The van der Waals surface area contributed by atoms with Crippen LogP contribution in [0.1, 0.15) is 6.42 Å². The van der Waals surface area contributed by atoms with E-state index in [0.29, 0.717) is 0 Å². The zero-order valence-corrected chi connectivity index (χ0v) is 9.18. The lowest BCUT2D eigenvalue weighted by molar-refractivity contribution is -0.671. The van der Waals surface area contributed by atoms with Crippen LogP contribution in [-0.2, 0) is 13.6 Å². The van der Waals surface area contributed by atoms with E-state index < -0.39 is 7.25 Å². The third-order valence-corrected chi connectivity index (χ3v) is 1.71. The Morgan fingerprint density at radius 2 is 1.87 bits per heavy atom. The smallest absolute Gasteiger partial charge is 0.418 e. The number of thiol groups is 1. The second kappa shape index (κ2) is 6.76. The van der Waals surface area contributed by atoms with Crippen molar-refractivity contribution in [2.45, 2.75) is 13.0 Å². The molecule has 0 aliphatic carbocycles. The lowest BCUT2D eigenvalue weighted by atomic mass is 10.3. The van der Waals surface area contributed by atoms with Crippen molar-refractivity contribution in [2.24, 2.45) is 7.05 Å². The van der Waals surface area contributed by atoms with Gasteiger partial charge in [0.1, 0.15) is 12.4 Å². The molecule has 0 saturated heterocycles. The third kappa shape index (κ3) is 11.3. The Balaban J connectivity index is 0.000000336. The minimum Gasteiger partial charge on any atom is -0.418 e. The van der Waals surface area contributed by atoms with Gasteiger partial charge in [-0.1, -0.05) is 0 Å². The highest BCUT2D eigenvalue weighted by Crippen LogP contribution is 2.06. The van der Waals surface area contributed by atoms with Gasteiger partial charge in [-0.3, -0.25) is 0 Å². The molecule has 0 radical (unpaired) electrons. The van der Waals surface area contributed by atoms with Crippen LogP contribution in [0.3, 0.4) is 0 Å². The highest BCUT2D eigenvalue weighted by molar-refractivity contribution is 7.80. The molecule has 0 unspecified atom stereocenters. The fraction of sp³-hybridized carbons (Fsp3) is 0.571. The van der Waals surface area contributed by atoms with Crippen molar-refractivity contribution in [3.8, 4) is 0 Å². The third-order valence-electron chi connectivity index (χ3n) is 1.40. The summed E-state index contributed by atoms with van der Waals surface area (Å²) in [4.78, 5) is 0. The van der Waals surface area contributed by atoms with Crippen LogP contribution in [0, 0.1) is 0 Å². The number of halogens is 4. The van der Waals surface area contributed by atoms with E-state index in [1.165, 1.54) is 0 Å². The number of nitrogens with zero attached hydrogens (tertiary/aromatic N) is 2. The van der Waals surface area contributed by atoms with Gasteiger partial charge < -0.3 is 17.3 Å². The Labute approximate surface area is 91.4 Å². The number of imidazole rings is 1. The number of aryl methyl sites for hydroxylation is 2. The molecular weight excluding hydrogens is 231 g/mol. The molecule has 1 aromatic heterocycles. The first-order chi connectivity index (χ1) is 6.83. The summed E-state index contributed by atoms with van der Waals surface area (Å²) in [6, 6.07) is 0. The van der Waals surface area contributed by atoms with Crippen LogP contribution in [0.15, 0.2) is 18.7 Å². The van der Waals surface area contributed by atoms with E-state index in [0.717, 1.165) is 18.7 Å². The molecule has 0 saturated carbocycles. The molecule has 88 valence electrons. The zero-order chi connectivity index (χ0) is 11.9. The van der Waals surface area contributed by atoms with Crippen molar-refractivity contribution in [3.05, 3.63) is 18.7 Å². The lowest BCUT2D eigenvalue weighted by Crippen LogP contribution is -2.23. The normalized spacial score (nSPS) is 10.8. The van der Waals surface area contributed by atoms with Gasteiger partial charge in [0.25, 0.3) is 0 Å². The first-order valence-electron chi connectivity index (χ1n) is 4.32. The van der Waals surface area contributed by atoms with E-state index in [1.807, 2.05) is 17.8 Å². The van der Waals surface area contributed by atoms with Crippen LogP contribution in [-0.4, -0.2) is 17.6 Å². The Hall–Kier alpha value is -0.655. The van der Waals surface area contributed by atoms with E-state index >= 15 is 0 Å². The maximum Gasteiger partial charge on any atom is 0.673 e. The van der Waals surface area contributed by atoms with Crippen molar-refractivity contribution in [3.63, 3.8) is 0 Å². The lowest BCUT2D eigenvalue weighted by Gasteiger charge is -1.94. The molecule has 2 nitrogen and oxygen atoms in total. The zero-order valence-electron chi connectivity index (χ0n) is 8.28. The summed E-state index contributed by atoms with van der Waals surface area (Å²) in [6.45, 7) is 1.07. The summed E-state index contributed by atoms with van der Waals surface area (Å²) in [6.07, 6.45) is 7.32. The molecule has 1 heterocycles. The quantitative estimate of drug-likeness (QED) is 0.360. The van der Waals surface area contributed by atoms with Crippen molar-refractivity contribution in [1.82, 2.24) is 4.57 Å². The van der Waals surface area contributed by atoms with Crippen molar-refractivity contribution >= 4 is 19.9 Å². The molecule has 0 aromatic carbocycles. The molecular formula is C7H13BF4N2S.